The van der Waals surface area contributed by atoms with Gasteiger partial charge in [0.1, 0.15) is 13.2 Å². The number of methoxy groups -OCH3 is 1. The Balaban J connectivity index is 1.81. The molecule has 1 atom stereocenters. The van der Waals surface area contributed by atoms with Crippen LogP contribution in [0.5, 0.6) is 11.5 Å². The van der Waals surface area contributed by atoms with Crippen molar-refractivity contribution >= 4 is 11.8 Å². The SMILES string of the molecule is COCCNCC(C)Sc1ccc2c(c1)OCCO2. The summed E-state index contributed by atoms with van der Waals surface area (Å²) in [4.78, 5) is 1.21. The van der Waals surface area contributed by atoms with Crippen LogP contribution in [0, 0.1) is 0 Å². The number of benzene rings is 1. The van der Waals surface area contributed by atoms with Gasteiger partial charge in [-0.1, -0.05) is 6.92 Å². The minimum atomic E-state index is 0.499. The van der Waals surface area contributed by atoms with Crippen molar-refractivity contribution < 1.29 is 14.2 Å². The molecular formula is C14H21NO3S. The van der Waals surface area contributed by atoms with E-state index in [0.29, 0.717) is 18.5 Å². The van der Waals surface area contributed by atoms with Crippen molar-refractivity contribution in [3.8, 4) is 11.5 Å². The zero-order chi connectivity index (χ0) is 13.5. The highest BCUT2D eigenvalue weighted by atomic mass is 32.2. The molecule has 1 unspecified atom stereocenters. The average Bonchev–Trinajstić information content (AvgIpc) is 2.43. The molecule has 1 aliphatic heterocycles. The second-order valence-corrected chi connectivity index (χ2v) is 5.94. The van der Waals surface area contributed by atoms with Crippen molar-refractivity contribution in [2.24, 2.45) is 0 Å². The Hall–Kier alpha value is -0.910. The molecule has 0 aliphatic carbocycles. The zero-order valence-corrected chi connectivity index (χ0v) is 12.3. The van der Waals surface area contributed by atoms with E-state index in [4.69, 9.17) is 14.2 Å². The van der Waals surface area contributed by atoms with E-state index in [0.717, 1.165) is 31.2 Å². The lowest BCUT2D eigenvalue weighted by atomic mass is 10.3. The largest absolute Gasteiger partial charge is 0.486 e. The number of rotatable bonds is 7. The number of hydrogen-bond donors (Lipinski definition) is 1. The number of hydrogen-bond acceptors (Lipinski definition) is 5. The molecule has 0 aromatic heterocycles. The van der Waals surface area contributed by atoms with E-state index in [1.807, 2.05) is 17.8 Å². The smallest absolute Gasteiger partial charge is 0.162 e. The number of ether oxygens (including phenoxy) is 3. The van der Waals surface area contributed by atoms with Crippen molar-refractivity contribution in [3.63, 3.8) is 0 Å². The minimum absolute atomic E-state index is 0.499. The molecule has 1 aromatic carbocycles. The van der Waals surface area contributed by atoms with Crippen LogP contribution in [0.2, 0.25) is 0 Å². The molecule has 1 aliphatic rings. The molecule has 4 nitrogen and oxygen atoms in total. The molecule has 0 amide bonds. The molecular weight excluding hydrogens is 262 g/mol. The molecule has 106 valence electrons. The van der Waals surface area contributed by atoms with Crippen LogP contribution in [0.15, 0.2) is 23.1 Å². The minimum Gasteiger partial charge on any atom is -0.486 e. The van der Waals surface area contributed by atoms with Gasteiger partial charge >= 0.3 is 0 Å². The molecule has 1 N–H and O–H groups in total. The van der Waals surface area contributed by atoms with Crippen molar-refractivity contribution in [1.29, 1.82) is 0 Å². The summed E-state index contributed by atoms with van der Waals surface area (Å²) in [6, 6.07) is 6.14. The molecule has 19 heavy (non-hydrogen) atoms. The topological polar surface area (TPSA) is 39.7 Å². The first-order chi connectivity index (χ1) is 9.29. The third kappa shape index (κ3) is 4.60. The highest BCUT2D eigenvalue weighted by molar-refractivity contribution is 8.00. The van der Waals surface area contributed by atoms with E-state index in [1.54, 1.807) is 7.11 Å². The van der Waals surface area contributed by atoms with Crippen molar-refractivity contribution in [2.75, 3.05) is 40.0 Å². The molecule has 5 heteroatoms. The fourth-order valence-electron chi connectivity index (χ4n) is 1.85. The van der Waals surface area contributed by atoms with E-state index < -0.39 is 0 Å². The maximum absolute atomic E-state index is 5.59. The number of thioether (sulfide) groups is 1. The molecule has 2 rings (SSSR count). The fourth-order valence-corrected chi connectivity index (χ4v) is 2.84. The normalized spacial score (nSPS) is 15.3. The molecule has 1 aromatic rings. The lowest BCUT2D eigenvalue weighted by Crippen LogP contribution is -2.26. The zero-order valence-electron chi connectivity index (χ0n) is 11.5. The lowest BCUT2D eigenvalue weighted by Gasteiger charge is -2.19. The highest BCUT2D eigenvalue weighted by Crippen LogP contribution is 2.35. The molecule has 0 saturated carbocycles. The monoisotopic (exact) mass is 283 g/mol. The predicted molar refractivity (Wildman–Crippen MR) is 77.5 cm³/mol. The molecule has 0 bridgehead atoms. The third-order valence-electron chi connectivity index (χ3n) is 2.77. The van der Waals surface area contributed by atoms with Gasteiger partial charge < -0.3 is 19.5 Å². The van der Waals surface area contributed by atoms with Crippen molar-refractivity contribution in [2.45, 2.75) is 17.1 Å². The summed E-state index contributed by atoms with van der Waals surface area (Å²) < 4.78 is 16.1. The van der Waals surface area contributed by atoms with Gasteiger partial charge in [0.05, 0.1) is 6.61 Å². The number of nitrogens with one attached hydrogen (secondary N) is 1. The summed E-state index contributed by atoms with van der Waals surface area (Å²) in [5, 5.41) is 3.87. The summed E-state index contributed by atoms with van der Waals surface area (Å²) in [6.07, 6.45) is 0. The van der Waals surface area contributed by atoms with Crippen LogP contribution in [0.25, 0.3) is 0 Å². The molecule has 0 spiro atoms. The second-order valence-electron chi connectivity index (χ2n) is 4.43. The molecule has 0 saturated heterocycles. The maximum atomic E-state index is 5.59. The first-order valence-corrected chi connectivity index (χ1v) is 7.43. The first-order valence-electron chi connectivity index (χ1n) is 6.55. The average molecular weight is 283 g/mol. The van der Waals surface area contributed by atoms with Crippen LogP contribution >= 0.6 is 11.8 Å². The van der Waals surface area contributed by atoms with Crippen LogP contribution in [-0.4, -0.2) is 45.3 Å². The number of fused-ring (bicyclic) bond motifs is 1. The Morgan fingerprint density at radius 2 is 2.11 bits per heavy atom. The highest BCUT2D eigenvalue weighted by Gasteiger charge is 2.13. The van der Waals surface area contributed by atoms with Crippen LogP contribution in [0.3, 0.4) is 0 Å². The van der Waals surface area contributed by atoms with Gasteiger partial charge in [0.2, 0.25) is 0 Å². The summed E-state index contributed by atoms with van der Waals surface area (Å²) >= 11 is 1.84. The summed E-state index contributed by atoms with van der Waals surface area (Å²) in [5.41, 5.74) is 0. The Kier molecular flexibility index (Phi) is 5.82. The molecule has 1 heterocycles. The van der Waals surface area contributed by atoms with Gasteiger partial charge in [-0.3, -0.25) is 0 Å². The lowest BCUT2D eigenvalue weighted by molar-refractivity contribution is 0.171. The van der Waals surface area contributed by atoms with Crippen LogP contribution in [0.1, 0.15) is 6.92 Å². The summed E-state index contributed by atoms with van der Waals surface area (Å²) in [5.74, 6) is 1.71. The Morgan fingerprint density at radius 1 is 1.32 bits per heavy atom. The maximum Gasteiger partial charge on any atom is 0.162 e. The molecule has 0 radical (unpaired) electrons. The first kappa shape index (κ1) is 14.5. The predicted octanol–water partition coefficient (Wildman–Crippen LogP) is 2.17. The van der Waals surface area contributed by atoms with E-state index in [2.05, 4.69) is 24.4 Å². The van der Waals surface area contributed by atoms with Gasteiger partial charge in [-0.2, -0.15) is 0 Å². The van der Waals surface area contributed by atoms with Crippen molar-refractivity contribution in [1.82, 2.24) is 5.32 Å². The Bertz CT molecular complexity index is 400. The summed E-state index contributed by atoms with van der Waals surface area (Å²) in [6.45, 7) is 6.09. The van der Waals surface area contributed by atoms with Gasteiger partial charge in [0.15, 0.2) is 11.5 Å². The van der Waals surface area contributed by atoms with Crippen LogP contribution < -0.4 is 14.8 Å². The van der Waals surface area contributed by atoms with E-state index in [-0.39, 0.29) is 0 Å². The van der Waals surface area contributed by atoms with Gasteiger partial charge in [0.25, 0.3) is 0 Å². The van der Waals surface area contributed by atoms with E-state index in [1.165, 1.54) is 4.90 Å². The van der Waals surface area contributed by atoms with Gasteiger partial charge in [-0.05, 0) is 18.2 Å². The van der Waals surface area contributed by atoms with Crippen LogP contribution in [0.4, 0.5) is 0 Å². The standard InChI is InChI=1S/C14H21NO3S/c1-11(10-15-5-6-16-2)19-12-3-4-13-14(9-12)18-8-7-17-13/h3-4,9,11,15H,5-8,10H2,1-2H3. The second kappa shape index (κ2) is 7.62. The fraction of sp³-hybridized carbons (Fsp3) is 0.571. The Labute approximate surface area is 118 Å². The van der Waals surface area contributed by atoms with E-state index >= 15 is 0 Å². The summed E-state index contributed by atoms with van der Waals surface area (Å²) in [7, 11) is 1.72. The van der Waals surface area contributed by atoms with Gasteiger partial charge in [-0.15, -0.1) is 11.8 Å². The third-order valence-corrected chi connectivity index (χ3v) is 3.86. The van der Waals surface area contributed by atoms with Gasteiger partial charge in [0, 0.05) is 30.3 Å². The Morgan fingerprint density at radius 3 is 2.89 bits per heavy atom. The van der Waals surface area contributed by atoms with Gasteiger partial charge in [-0.25, -0.2) is 0 Å². The quantitative estimate of drug-likeness (QED) is 0.613. The van der Waals surface area contributed by atoms with Crippen LogP contribution in [-0.2, 0) is 4.74 Å². The van der Waals surface area contributed by atoms with Crippen molar-refractivity contribution in [3.05, 3.63) is 18.2 Å². The molecule has 0 fully saturated rings. The van der Waals surface area contributed by atoms with E-state index in [9.17, 15) is 0 Å².